The number of aliphatic hydroxyl groups is 1. The van der Waals surface area contributed by atoms with Crippen LogP contribution < -0.4 is 10.2 Å². The van der Waals surface area contributed by atoms with E-state index in [9.17, 15) is 19.4 Å². The van der Waals surface area contributed by atoms with Gasteiger partial charge in [-0.2, -0.15) is 0 Å². The Morgan fingerprint density at radius 2 is 1.12 bits per heavy atom. The van der Waals surface area contributed by atoms with Crippen molar-refractivity contribution >= 4 is 13.7 Å². The van der Waals surface area contributed by atoms with Crippen molar-refractivity contribution < 1.29 is 32.9 Å². The van der Waals surface area contributed by atoms with Crippen LogP contribution in [0.2, 0.25) is 0 Å². The Labute approximate surface area is 314 Å². The Morgan fingerprint density at radius 1 is 0.667 bits per heavy atom. The van der Waals surface area contributed by atoms with Crippen LogP contribution in [0.25, 0.3) is 0 Å². The largest absolute Gasteiger partial charge is 0.756 e. The normalized spacial score (nSPS) is 15.0. The van der Waals surface area contributed by atoms with Crippen molar-refractivity contribution in [3.8, 4) is 0 Å². The molecule has 0 aliphatic rings. The van der Waals surface area contributed by atoms with Gasteiger partial charge in [-0.15, -0.1) is 0 Å². The lowest BCUT2D eigenvalue weighted by atomic mass is 10.1. The van der Waals surface area contributed by atoms with Crippen molar-refractivity contribution in [3.63, 3.8) is 0 Å². The first-order valence-electron chi connectivity index (χ1n) is 20.5. The number of phosphoric acid groups is 1. The Kier molecular flexibility index (Phi) is 33.2. The van der Waals surface area contributed by atoms with E-state index in [1.165, 1.54) is 89.9 Å². The number of unbranched alkanes of at least 4 members (excludes halogenated alkanes) is 17. The van der Waals surface area contributed by atoms with Crippen molar-refractivity contribution in [2.24, 2.45) is 0 Å². The molecule has 2 N–H and O–H groups in total. The zero-order chi connectivity index (χ0) is 37.9. The number of hydrogen-bond acceptors (Lipinski definition) is 6. The molecular weight excluding hydrogens is 659 g/mol. The summed E-state index contributed by atoms with van der Waals surface area (Å²) in [4.78, 5) is 25.2. The van der Waals surface area contributed by atoms with Gasteiger partial charge in [0.25, 0.3) is 7.82 Å². The molecule has 0 rings (SSSR count). The molecule has 1 amide bonds. The molecule has 9 heteroatoms. The molecule has 298 valence electrons. The van der Waals surface area contributed by atoms with Crippen LogP contribution in [0.5, 0.6) is 0 Å². The van der Waals surface area contributed by atoms with Crippen molar-refractivity contribution in [1.82, 2.24) is 5.32 Å². The Hall–Kier alpha value is -1.54. The number of carbonyl (C=O) groups is 1. The van der Waals surface area contributed by atoms with E-state index in [0.717, 1.165) is 51.4 Å². The van der Waals surface area contributed by atoms with Crippen molar-refractivity contribution in [1.29, 1.82) is 0 Å². The average Bonchev–Trinajstić information content (AvgIpc) is 3.07. The number of phosphoric ester groups is 1. The van der Waals surface area contributed by atoms with Crippen LogP contribution in [-0.4, -0.2) is 68.5 Å². The number of allylic oxidation sites excluding steroid dienone is 7. The van der Waals surface area contributed by atoms with Gasteiger partial charge in [-0.3, -0.25) is 9.36 Å². The topological polar surface area (TPSA) is 108 Å². The molecule has 0 aliphatic carbocycles. The molecule has 0 aromatic heterocycles. The second kappa shape index (κ2) is 34.2. The summed E-state index contributed by atoms with van der Waals surface area (Å²) in [6, 6.07) is -0.909. The highest BCUT2D eigenvalue weighted by molar-refractivity contribution is 7.45. The predicted octanol–water partition coefficient (Wildman–Crippen LogP) is 10.3. The molecule has 0 aromatic carbocycles. The summed E-state index contributed by atoms with van der Waals surface area (Å²) in [5, 5.41) is 13.7. The van der Waals surface area contributed by atoms with E-state index in [0.29, 0.717) is 17.4 Å². The number of rotatable bonds is 36. The van der Waals surface area contributed by atoms with Gasteiger partial charge < -0.3 is 28.8 Å². The number of carbonyl (C=O) groups excluding carboxylic acids is 1. The molecule has 0 saturated heterocycles. The van der Waals surface area contributed by atoms with Crippen LogP contribution >= 0.6 is 7.82 Å². The highest BCUT2D eigenvalue weighted by atomic mass is 31.2. The minimum atomic E-state index is -4.59. The number of hydrogen-bond donors (Lipinski definition) is 2. The van der Waals surface area contributed by atoms with Gasteiger partial charge >= 0.3 is 0 Å². The maximum absolute atomic E-state index is 12.8. The van der Waals surface area contributed by atoms with Gasteiger partial charge in [0, 0.05) is 6.42 Å². The molecule has 0 aliphatic heterocycles. The van der Waals surface area contributed by atoms with Crippen molar-refractivity contribution in [3.05, 3.63) is 48.6 Å². The first-order valence-corrected chi connectivity index (χ1v) is 22.0. The zero-order valence-corrected chi connectivity index (χ0v) is 34.4. The summed E-state index contributed by atoms with van der Waals surface area (Å²) < 4.78 is 23.1. The SMILES string of the molecule is CCCC/C=C/CC/C=C/CC/C=C/C(O)C(COP(=O)([O-])OCC[N+](C)(C)C)NC(=O)CCCCCCCCC/C=C\CCCCCCCC. The molecule has 0 aromatic rings. The van der Waals surface area contributed by atoms with Crippen LogP contribution in [-0.2, 0) is 18.4 Å². The number of likely N-dealkylation sites (N-methyl/N-ethyl adjacent to an activating group) is 1. The minimum absolute atomic E-state index is 0.0111. The van der Waals surface area contributed by atoms with Gasteiger partial charge in [-0.05, 0) is 64.2 Å². The number of nitrogens with zero attached hydrogens (tertiary/aromatic N) is 1. The smallest absolute Gasteiger partial charge is 0.268 e. The number of quaternary nitrogens is 1. The summed E-state index contributed by atoms with van der Waals surface area (Å²) in [5.74, 6) is -0.220. The summed E-state index contributed by atoms with van der Waals surface area (Å²) in [7, 11) is 1.22. The summed E-state index contributed by atoms with van der Waals surface area (Å²) in [5.41, 5.74) is 0. The van der Waals surface area contributed by atoms with E-state index in [1.54, 1.807) is 6.08 Å². The Bertz CT molecular complexity index is 975. The second-order valence-electron chi connectivity index (χ2n) is 15.0. The lowest BCUT2D eigenvalue weighted by Crippen LogP contribution is -2.45. The van der Waals surface area contributed by atoms with Crippen molar-refractivity contribution in [2.45, 2.75) is 174 Å². The molecule has 0 bridgehead atoms. The van der Waals surface area contributed by atoms with Crippen LogP contribution in [0.3, 0.4) is 0 Å². The molecule has 0 saturated carbocycles. The van der Waals surface area contributed by atoms with E-state index < -0.39 is 26.6 Å². The molecule has 3 atom stereocenters. The molecule has 3 unspecified atom stereocenters. The standard InChI is InChI=1S/C42H79N2O6P/c1-6-8-10-12-14-16-18-20-21-22-23-24-26-28-30-32-34-36-42(46)43-40(39-50-51(47,48)49-38-37-44(3,4)5)41(45)35-33-31-29-27-25-19-17-15-13-11-9-7-2/h13,15,20-21,25,27,33,35,40-41,45H,6-12,14,16-19,22-24,26,28-32,34,36-39H2,1-5H3,(H-,43,46,47,48)/b15-13+,21-20-,27-25+,35-33+. The second-order valence-corrected chi connectivity index (χ2v) is 16.4. The van der Waals surface area contributed by atoms with Gasteiger partial charge in [0.2, 0.25) is 5.91 Å². The highest BCUT2D eigenvalue weighted by Crippen LogP contribution is 2.38. The third-order valence-electron chi connectivity index (χ3n) is 8.74. The zero-order valence-electron chi connectivity index (χ0n) is 33.5. The predicted molar refractivity (Wildman–Crippen MR) is 214 cm³/mol. The van der Waals surface area contributed by atoms with E-state index in [4.69, 9.17) is 9.05 Å². The maximum Gasteiger partial charge on any atom is 0.268 e. The number of aliphatic hydroxyl groups excluding tert-OH is 1. The first kappa shape index (κ1) is 49.5. The third-order valence-corrected chi connectivity index (χ3v) is 9.70. The Morgan fingerprint density at radius 3 is 1.65 bits per heavy atom. The highest BCUT2D eigenvalue weighted by Gasteiger charge is 2.23. The summed E-state index contributed by atoms with van der Waals surface area (Å²) in [6.45, 7) is 4.53. The van der Waals surface area contributed by atoms with Gasteiger partial charge in [0.15, 0.2) is 0 Å². The fourth-order valence-corrected chi connectivity index (χ4v) is 6.12. The first-order chi connectivity index (χ1) is 24.5. The number of amides is 1. The fraction of sp³-hybridized carbons (Fsp3) is 0.786. The maximum atomic E-state index is 12.8. The number of nitrogens with one attached hydrogen (secondary N) is 1. The lowest BCUT2D eigenvalue weighted by molar-refractivity contribution is -0.870. The van der Waals surface area contributed by atoms with Crippen LogP contribution in [0.15, 0.2) is 48.6 Å². The van der Waals surface area contributed by atoms with Crippen LogP contribution in [0.1, 0.15) is 162 Å². The summed E-state index contributed by atoms with van der Waals surface area (Å²) in [6.07, 6.45) is 41.6. The molecule has 0 spiro atoms. The lowest BCUT2D eigenvalue weighted by Gasteiger charge is -2.29. The van der Waals surface area contributed by atoms with E-state index in [1.807, 2.05) is 27.2 Å². The fourth-order valence-electron chi connectivity index (χ4n) is 5.40. The molecular formula is C42H79N2O6P. The Balaban J connectivity index is 4.52. The molecule has 0 radical (unpaired) electrons. The minimum Gasteiger partial charge on any atom is -0.756 e. The van der Waals surface area contributed by atoms with Crippen LogP contribution in [0, 0.1) is 0 Å². The van der Waals surface area contributed by atoms with E-state index in [2.05, 4.69) is 55.6 Å². The van der Waals surface area contributed by atoms with Crippen LogP contribution in [0.4, 0.5) is 0 Å². The molecule has 0 heterocycles. The van der Waals surface area contributed by atoms with Gasteiger partial charge in [-0.1, -0.05) is 140 Å². The molecule has 8 nitrogen and oxygen atoms in total. The van der Waals surface area contributed by atoms with E-state index in [-0.39, 0.29) is 12.5 Å². The quantitative estimate of drug-likeness (QED) is 0.0287. The van der Waals surface area contributed by atoms with Gasteiger partial charge in [-0.25, -0.2) is 0 Å². The molecule has 51 heavy (non-hydrogen) atoms. The van der Waals surface area contributed by atoms with E-state index >= 15 is 0 Å². The summed E-state index contributed by atoms with van der Waals surface area (Å²) >= 11 is 0. The van der Waals surface area contributed by atoms with Gasteiger partial charge in [0.05, 0.1) is 39.9 Å². The van der Waals surface area contributed by atoms with Crippen molar-refractivity contribution in [2.75, 3.05) is 40.9 Å². The van der Waals surface area contributed by atoms with Gasteiger partial charge in [0.1, 0.15) is 13.2 Å². The third kappa shape index (κ3) is 36.6. The monoisotopic (exact) mass is 739 g/mol. The molecule has 0 fully saturated rings. The average molecular weight is 739 g/mol.